The van der Waals surface area contributed by atoms with Gasteiger partial charge in [0.1, 0.15) is 23.7 Å². The Hall–Kier alpha value is -2.26. The van der Waals surface area contributed by atoms with Crippen molar-refractivity contribution >= 4 is 5.91 Å². The van der Waals surface area contributed by atoms with Crippen LogP contribution in [0.5, 0.6) is 5.75 Å². The third-order valence-electron chi connectivity index (χ3n) is 7.15. The van der Waals surface area contributed by atoms with Gasteiger partial charge in [-0.05, 0) is 42.5 Å². The highest BCUT2D eigenvalue weighted by Crippen LogP contribution is 2.29. The molecule has 34 heavy (non-hydrogen) atoms. The summed E-state index contributed by atoms with van der Waals surface area (Å²) in [7, 11) is 0. The van der Waals surface area contributed by atoms with Crippen LogP contribution in [-0.4, -0.2) is 97.5 Å². The van der Waals surface area contributed by atoms with Crippen LogP contribution < -0.4 is 4.74 Å². The van der Waals surface area contributed by atoms with Crippen molar-refractivity contribution in [1.29, 1.82) is 0 Å². The molecule has 0 radical (unpaired) electrons. The predicted molar refractivity (Wildman–Crippen MR) is 126 cm³/mol. The molecule has 8 heteroatoms. The molecule has 1 amide bonds. The van der Waals surface area contributed by atoms with Crippen molar-refractivity contribution in [2.75, 3.05) is 65.6 Å². The van der Waals surface area contributed by atoms with Crippen molar-refractivity contribution in [2.24, 2.45) is 0 Å². The Kier molecular flexibility index (Phi) is 7.29. The van der Waals surface area contributed by atoms with Crippen LogP contribution in [0.3, 0.4) is 0 Å². The highest BCUT2D eigenvalue weighted by atomic mass is 19.1. The van der Waals surface area contributed by atoms with Crippen LogP contribution in [0.4, 0.5) is 4.39 Å². The number of ether oxygens (including phenoxy) is 2. The summed E-state index contributed by atoms with van der Waals surface area (Å²) < 4.78 is 26.3. The number of fused-ring (bicyclic) bond motifs is 1. The molecular weight excluding hydrogens is 437 g/mol. The summed E-state index contributed by atoms with van der Waals surface area (Å²) in [6.45, 7) is 6.55. The molecule has 1 aromatic carbocycles. The van der Waals surface area contributed by atoms with Gasteiger partial charge in [-0.15, -0.1) is 0 Å². The second-order valence-corrected chi connectivity index (χ2v) is 9.65. The van der Waals surface area contributed by atoms with Gasteiger partial charge in [-0.2, -0.15) is 0 Å². The maximum absolute atomic E-state index is 15.1. The predicted octanol–water partition coefficient (Wildman–Crippen LogP) is 2.21. The summed E-state index contributed by atoms with van der Waals surface area (Å²) in [6, 6.07) is 3.22. The van der Waals surface area contributed by atoms with E-state index < -0.39 is 17.8 Å². The molecule has 1 N–H and O–H groups in total. The maximum atomic E-state index is 15.1. The first-order valence-corrected chi connectivity index (χ1v) is 12.4. The van der Waals surface area contributed by atoms with E-state index in [1.54, 1.807) is 6.07 Å². The minimum absolute atomic E-state index is 0.0319. The molecule has 3 aliphatic heterocycles. The number of hydrogen-bond donors (Lipinski definition) is 1. The average molecular weight is 472 g/mol. The number of carbonyl (C=O) groups excluding carboxylic acids is 1. The third kappa shape index (κ3) is 5.35. The van der Waals surface area contributed by atoms with Crippen molar-refractivity contribution in [2.45, 2.75) is 31.9 Å². The van der Waals surface area contributed by atoms with Gasteiger partial charge in [-0.1, -0.05) is 17.7 Å². The molecule has 7 nitrogen and oxygen atoms in total. The van der Waals surface area contributed by atoms with Crippen LogP contribution in [0.1, 0.15) is 35.2 Å². The number of aliphatic hydroxyl groups is 1. The second-order valence-electron chi connectivity index (χ2n) is 9.65. The summed E-state index contributed by atoms with van der Waals surface area (Å²) in [6.07, 6.45) is 7.02. The number of amides is 1. The fourth-order valence-corrected chi connectivity index (χ4v) is 5.36. The molecular formula is C26H34FN3O4. The lowest BCUT2D eigenvalue weighted by Gasteiger charge is -2.33. The summed E-state index contributed by atoms with van der Waals surface area (Å²) in [4.78, 5) is 19.2. The molecule has 0 saturated carbocycles. The van der Waals surface area contributed by atoms with Gasteiger partial charge in [0.2, 0.25) is 0 Å². The molecule has 4 aliphatic rings. The van der Waals surface area contributed by atoms with Gasteiger partial charge in [0, 0.05) is 45.8 Å². The van der Waals surface area contributed by atoms with Crippen molar-refractivity contribution in [3.63, 3.8) is 0 Å². The maximum Gasteiger partial charge on any atom is 0.260 e. The van der Waals surface area contributed by atoms with E-state index in [0.29, 0.717) is 38.6 Å². The number of benzene rings is 1. The molecule has 5 rings (SSSR count). The molecule has 1 aromatic rings. The highest BCUT2D eigenvalue weighted by Gasteiger charge is 2.30. The zero-order chi connectivity index (χ0) is 23.5. The van der Waals surface area contributed by atoms with Gasteiger partial charge < -0.3 is 19.5 Å². The van der Waals surface area contributed by atoms with E-state index in [1.807, 2.05) is 0 Å². The van der Waals surface area contributed by atoms with Gasteiger partial charge in [0.25, 0.3) is 5.91 Å². The van der Waals surface area contributed by atoms with Crippen molar-refractivity contribution in [3.05, 3.63) is 52.4 Å². The largest absolute Gasteiger partial charge is 0.491 e. The van der Waals surface area contributed by atoms with Crippen LogP contribution in [-0.2, 0) is 11.3 Å². The molecule has 1 unspecified atom stereocenters. The quantitative estimate of drug-likeness (QED) is 0.687. The molecule has 1 saturated heterocycles. The summed E-state index contributed by atoms with van der Waals surface area (Å²) in [5.74, 6) is -0.683. The Bertz CT molecular complexity index is 973. The zero-order valence-electron chi connectivity index (χ0n) is 19.7. The Labute approximate surface area is 200 Å². The molecule has 0 aromatic heterocycles. The lowest BCUT2D eigenvalue weighted by atomic mass is 9.91. The normalized spacial score (nSPS) is 22.8. The van der Waals surface area contributed by atoms with Crippen molar-refractivity contribution in [3.8, 4) is 5.75 Å². The monoisotopic (exact) mass is 471 g/mol. The topological polar surface area (TPSA) is 65.5 Å². The van der Waals surface area contributed by atoms with Crippen LogP contribution in [0.15, 0.2) is 35.4 Å². The van der Waals surface area contributed by atoms with E-state index >= 15 is 4.39 Å². The molecule has 1 fully saturated rings. The molecule has 1 atom stereocenters. The SMILES string of the molecule is O=C1c2c(F)cc(CN3CCOCC3)cc2OCCN1CC(O)CN1CCC2=C(C=CCC2)C1. The minimum Gasteiger partial charge on any atom is -0.491 e. The van der Waals surface area contributed by atoms with Crippen LogP contribution >= 0.6 is 0 Å². The van der Waals surface area contributed by atoms with E-state index in [1.165, 1.54) is 22.1 Å². The van der Waals surface area contributed by atoms with Crippen molar-refractivity contribution in [1.82, 2.24) is 14.7 Å². The Morgan fingerprint density at radius 2 is 1.88 bits per heavy atom. The summed E-state index contributed by atoms with van der Waals surface area (Å²) in [5.41, 5.74) is 3.66. The number of morpholine rings is 1. The van der Waals surface area contributed by atoms with Crippen LogP contribution in [0.25, 0.3) is 0 Å². The summed E-state index contributed by atoms with van der Waals surface area (Å²) >= 11 is 0. The van der Waals surface area contributed by atoms with Gasteiger partial charge in [0.15, 0.2) is 0 Å². The second kappa shape index (κ2) is 10.6. The summed E-state index contributed by atoms with van der Waals surface area (Å²) in [5, 5.41) is 10.8. The van der Waals surface area contributed by atoms with Gasteiger partial charge in [-0.25, -0.2) is 4.39 Å². The molecule has 0 spiro atoms. The fourth-order valence-electron chi connectivity index (χ4n) is 5.36. The smallest absolute Gasteiger partial charge is 0.260 e. The number of rotatable bonds is 6. The number of carbonyl (C=O) groups is 1. The Balaban J connectivity index is 1.22. The first-order valence-electron chi connectivity index (χ1n) is 12.4. The minimum atomic E-state index is -0.705. The van der Waals surface area contributed by atoms with E-state index in [-0.39, 0.29) is 18.7 Å². The average Bonchev–Trinajstić information content (AvgIpc) is 2.98. The third-order valence-corrected chi connectivity index (χ3v) is 7.15. The molecule has 0 bridgehead atoms. The van der Waals surface area contributed by atoms with E-state index in [0.717, 1.165) is 51.0 Å². The van der Waals surface area contributed by atoms with Crippen LogP contribution in [0.2, 0.25) is 0 Å². The van der Waals surface area contributed by atoms with E-state index in [9.17, 15) is 9.90 Å². The van der Waals surface area contributed by atoms with Gasteiger partial charge >= 0.3 is 0 Å². The van der Waals surface area contributed by atoms with E-state index in [4.69, 9.17) is 9.47 Å². The zero-order valence-corrected chi connectivity index (χ0v) is 19.7. The van der Waals surface area contributed by atoms with Crippen LogP contribution in [0, 0.1) is 5.82 Å². The van der Waals surface area contributed by atoms with Gasteiger partial charge in [-0.3, -0.25) is 14.6 Å². The van der Waals surface area contributed by atoms with E-state index in [2.05, 4.69) is 22.0 Å². The Morgan fingerprint density at radius 3 is 2.74 bits per heavy atom. The number of aliphatic hydroxyl groups excluding tert-OH is 1. The number of β-amino-alcohol motifs (C(OH)–C–C–N with tert-alkyl or cyclic N) is 1. The number of halogens is 1. The van der Waals surface area contributed by atoms with Gasteiger partial charge in [0.05, 0.1) is 25.9 Å². The Morgan fingerprint density at radius 1 is 1.03 bits per heavy atom. The number of allylic oxidation sites excluding steroid dienone is 1. The number of nitrogens with zero attached hydrogens (tertiary/aromatic N) is 3. The fraction of sp³-hybridized carbons (Fsp3) is 0.577. The lowest BCUT2D eigenvalue weighted by Crippen LogP contribution is -2.45. The first kappa shape index (κ1) is 23.5. The first-order chi connectivity index (χ1) is 16.6. The number of hydrogen-bond acceptors (Lipinski definition) is 6. The standard InChI is InChI=1S/C26H34FN3O4/c27-23-13-19(15-28-7-10-33-11-8-28)14-24-25(23)26(32)30(9-12-34-24)18-22(31)17-29-6-5-20-3-1-2-4-21(20)16-29/h2,4,13-14,22,31H,1,3,5-12,15-18H2. The highest BCUT2D eigenvalue weighted by molar-refractivity contribution is 5.97. The molecule has 184 valence electrons. The molecule has 3 heterocycles. The van der Waals surface area contributed by atoms with Crippen molar-refractivity contribution < 1.29 is 23.8 Å². The lowest BCUT2D eigenvalue weighted by molar-refractivity contribution is 0.0341. The molecule has 1 aliphatic carbocycles.